The Labute approximate surface area is 60.2 Å². The Balaban J connectivity index is 0.000000291. The molecular weight excluding hydrogens is 136 g/mol. The smallest absolute Gasteiger partial charge is 0.127 e. The molecule has 0 atom stereocenters. The second-order valence-corrected chi connectivity index (χ2v) is 1.74. The molecule has 9 heavy (non-hydrogen) atoms. The van der Waals surface area contributed by atoms with Crippen molar-refractivity contribution in [3.63, 3.8) is 0 Å². The first-order valence-electron chi connectivity index (χ1n) is 2.96. The molecule has 1 N–H and O–H groups in total. The van der Waals surface area contributed by atoms with E-state index in [1.165, 1.54) is 0 Å². The highest BCUT2D eigenvalue weighted by atomic mass is 35.5. The molecular formula is C6H11ClN2. The van der Waals surface area contributed by atoms with E-state index in [1.807, 2.05) is 20.8 Å². The first kappa shape index (κ1) is 8.50. The van der Waals surface area contributed by atoms with Crippen LogP contribution in [0, 0.1) is 6.92 Å². The van der Waals surface area contributed by atoms with E-state index >= 15 is 0 Å². The van der Waals surface area contributed by atoms with Crippen LogP contribution in [0.1, 0.15) is 19.4 Å². The molecule has 0 aromatic carbocycles. The zero-order valence-corrected chi connectivity index (χ0v) is 6.66. The van der Waals surface area contributed by atoms with Gasteiger partial charge in [0.05, 0.1) is 6.20 Å². The quantitative estimate of drug-likeness (QED) is 0.598. The highest BCUT2D eigenvalue weighted by molar-refractivity contribution is 6.30. The van der Waals surface area contributed by atoms with Gasteiger partial charge in [0.15, 0.2) is 0 Å². The first-order chi connectivity index (χ1) is 4.30. The Morgan fingerprint density at radius 2 is 2.11 bits per heavy atom. The van der Waals surface area contributed by atoms with Gasteiger partial charge >= 0.3 is 0 Å². The highest BCUT2D eigenvalue weighted by Gasteiger charge is 1.90. The molecule has 0 saturated heterocycles. The lowest BCUT2D eigenvalue weighted by molar-refractivity contribution is 1.09. The maximum absolute atomic E-state index is 5.51. The summed E-state index contributed by atoms with van der Waals surface area (Å²) >= 11 is 5.51. The number of hydrogen-bond donors (Lipinski definition) is 1. The van der Waals surface area contributed by atoms with Crippen molar-refractivity contribution in [1.82, 2.24) is 10.2 Å². The third kappa shape index (κ3) is 2.51. The van der Waals surface area contributed by atoms with Crippen molar-refractivity contribution in [1.29, 1.82) is 0 Å². The van der Waals surface area contributed by atoms with Crippen LogP contribution < -0.4 is 0 Å². The van der Waals surface area contributed by atoms with Gasteiger partial charge in [-0.3, -0.25) is 5.10 Å². The third-order valence-electron chi connectivity index (χ3n) is 0.767. The fourth-order valence-corrected chi connectivity index (χ4v) is 0.428. The maximum atomic E-state index is 5.51. The molecule has 0 aliphatic carbocycles. The summed E-state index contributed by atoms with van der Waals surface area (Å²) in [7, 11) is 0. The van der Waals surface area contributed by atoms with E-state index in [4.69, 9.17) is 11.6 Å². The van der Waals surface area contributed by atoms with Crippen molar-refractivity contribution < 1.29 is 0 Å². The highest BCUT2D eigenvalue weighted by Crippen LogP contribution is 2.06. The Morgan fingerprint density at radius 1 is 1.56 bits per heavy atom. The Morgan fingerprint density at radius 3 is 2.22 bits per heavy atom. The largest absolute Gasteiger partial charge is 0.267 e. The summed E-state index contributed by atoms with van der Waals surface area (Å²) < 4.78 is 0. The van der Waals surface area contributed by atoms with Crippen LogP contribution in [0.2, 0.25) is 5.15 Å². The van der Waals surface area contributed by atoms with E-state index in [9.17, 15) is 0 Å². The summed E-state index contributed by atoms with van der Waals surface area (Å²) in [5.74, 6) is 0. The minimum atomic E-state index is 0.625. The van der Waals surface area contributed by atoms with Crippen LogP contribution in [-0.4, -0.2) is 10.2 Å². The summed E-state index contributed by atoms with van der Waals surface area (Å²) in [6.07, 6.45) is 1.68. The van der Waals surface area contributed by atoms with Gasteiger partial charge in [-0.25, -0.2) is 0 Å². The van der Waals surface area contributed by atoms with Crippen molar-refractivity contribution in [2.24, 2.45) is 0 Å². The van der Waals surface area contributed by atoms with Crippen LogP contribution in [0.5, 0.6) is 0 Å². The van der Waals surface area contributed by atoms with Gasteiger partial charge in [-0.05, 0) is 6.92 Å². The van der Waals surface area contributed by atoms with Gasteiger partial charge in [0, 0.05) is 5.56 Å². The molecule has 0 amide bonds. The molecule has 2 nitrogen and oxygen atoms in total. The minimum Gasteiger partial charge on any atom is -0.267 e. The number of nitrogens with one attached hydrogen (secondary N) is 1. The predicted molar refractivity (Wildman–Crippen MR) is 39.7 cm³/mol. The maximum Gasteiger partial charge on any atom is 0.127 e. The second-order valence-electron chi connectivity index (χ2n) is 1.37. The van der Waals surface area contributed by atoms with Crippen LogP contribution in [0.4, 0.5) is 0 Å². The Hall–Kier alpha value is -0.500. The Bertz CT molecular complexity index is 143. The van der Waals surface area contributed by atoms with E-state index in [-0.39, 0.29) is 0 Å². The van der Waals surface area contributed by atoms with Gasteiger partial charge in [0.2, 0.25) is 0 Å². The van der Waals surface area contributed by atoms with Crippen molar-refractivity contribution in [3.05, 3.63) is 16.9 Å². The molecule has 0 bridgehead atoms. The van der Waals surface area contributed by atoms with Crippen LogP contribution in [0.3, 0.4) is 0 Å². The van der Waals surface area contributed by atoms with Crippen LogP contribution in [0.25, 0.3) is 0 Å². The lowest BCUT2D eigenvalue weighted by Crippen LogP contribution is -1.62. The summed E-state index contributed by atoms with van der Waals surface area (Å²) in [5.41, 5.74) is 0.988. The lowest BCUT2D eigenvalue weighted by Gasteiger charge is -1.75. The van der Waals surface area contributed by atoms with Gasteiger partial charge in [-0.15, -0.1) is 0 Å². The summed E-state index contributed by atoms with van der Waals surface area (Å²) in [5, 5.41) is 6.87. The molecule has 0 unspecified atom stereocenters. The van der Waals surface area contributed by atoms with Crippen molar-refractivity contribution in [3.8, 4) is 0 Å². The molecule has 0 radical (unpaired) electrons. The average Bonchev–Trinajstić information content (AvgIpc) is 2.23. The third-order valence-corrected chi connectivity index (χ3v) is 1.15. The van der Waals surface area contributed by atoms with E-state index in [0.29, 0.717) is 5.15 Å². The molecule has 0 spiro atoms. The SMILES string of the molecule is CC.Cc1cn[nH]c1Cl. The van der Waals surface area contributed by atoms with E-state index in [0.717, 1.165) is 5.56 Å². The van der Waals surface area contributed by atoms with E-state index in [1.54, 1.807) is 6.20 Å². The van der Waals surface area contributed by atoms with Crippen molar-refractivity contribution >= 4 is 11.6 Å². The summed E-state index contributed by atoms with van der Waals surface area (Å²) in [4.78, 5) is 0. The van der Waals surface area contributed by atoms with Gasteiger partial charge in [0.1, 0.15) is 5.15 Å². The fraction of sp³-hybridized carbons (Fsp3) is 0.500. The number of nitrogens with zero attached hydrogens (tertiary/aromatic N) is 1. The van der Waals surface area contributed by atoms with Crippen LogP contribution >= 0.6 is 11.6 Å². The number of aromatic nitrogens is 2. The van der Waals surface area contributed by atoms with Gasteiger partial charge in [0.25, 0.3) is 0 Å². The number of aromatic amines is 1. The van der Waals surface area contributed by atoms with Crippen molar-refractivity contribution in [2.45, 2.75) is 20.8 Å². The molecule has 1 aromatic heterocycles. The minimum absolute atomic E-state index is 0.625. The number of halogens is 1. The second kappa shape index (κ2) is 4.39. The number of aryl methyl sites for hydroxylation is 1. The fourth-order valence-electron chi connectivity index (χ4n) is 0.331. The monoisotopic (exact) mass is 146 g/mol. The number of rotatable bonds is 0. The van der Waals surface area contributed by atoms with E-state index < -0.39 is 0 Å². The number of H-pyrrole nitrogens is 1. The average molecular weight is 147 g/mol. The van der Waals surface area contributed by atoms with Gasteiger partial charge in [-0.2, -0.15) is 5.10 Å². The molecule has 1 heterocycles. The molecule has 0 saturated carbocycles. The topological polar surface area (TPSA) is 28.7 Å². The number of hydrogen-bond acceptors (Lipinski definition) is 1. The zero-order valence-electron chi connectivity index (χ0n) is 5.90. The predicted octanol–water partition coefficient (Wildman–Crippen LogP) is 2.40. The standard InChI is InChI=1S/C4H5ClN2.C2H6/c1-3-2-6-7-4(3)5;1-2/h2H,1H3,(H,6,7);1-2H3. The van der Waals surface area contributed by atoms with Crippen LogP contribution in [0.15, 0.2) is 6.20 Å². The van der Waals surface area contributed by atoms with Crippen LogP contribution in [-0.2, 0) is 0 Å². The summed E-state index contributed by atoms with van der Waals surface area (Å²) in [6, 6.07) is 0. The molecule has 1 aromatic rings. The van der Waals surface area contributed by atoms with Gasteiger partial charge in [-0.1, -0.05) is 25.4 Å². The van der Waals surface area contributed by atoms with E-state index in [2.05, 4.69) is 10.2 Å². The van der Waals surface area contributed by atoms with Gasteiger partial charge < -0.3 is 0 Å². The molecule has 0 aliphatic rings. The normalized spacial score (nSPS) is 8.00. The molecule has 52 valence electrons. The molecule has 0 fully saturated rings. The molecule has 0 aliphatic heterocycles. The molecule has 3 heteroatoms. The lowest BCUT2D eigenvalue weighted by atomic mass is 10.4. The molecule has 1 rings (SSSR count). The first-order valence-corrected chi connectivity index (χ1v) is 3.34. The zero-order chi connectivity index (χ0) is 7.28. The van der Waals surface area contributed by atoms with Crippen molar-refractivity contribution in [2.75, 3.05) is 0 Å². The Kier molecular flexibility index (Phi) is 4.14. The summed E-state index contributed by atoms with van der Waals surface area (Å²) in [6.45, 7) is 5.89.